The Hall–Kier alpha value is -1.81. The number of phenolic OH excluding ortho intramolecular Hbond substituents is 1. The molecule has 0 saturated heterocycles. The molecular formula is C11H8ClNO3. The van der Waals surface area contributed by atoms with Crippen LogP contribution in [0.1, 0.15) is 5.56 Å². The highest BCUT2D eigenvalue weighted by atomic mass is 35.5. The first-order chi connectivity index (χ1) is 7.56. The summed E-state index contributed by atoms with van der Waals surface area (Å²) in [5.74, 6) is -0.879. The van der Waals surface area contributed by atoms with Gasteiger partial charge in [0, 0.05) is 5.39 Å². The van der Waals surface area contributed by atoms with E-state index in [1.54, 1.807) is 6.07 Å². The first-order valence-corrected chi connectivity index (χ1v) is 4.94. The number of aromatic nitrogens is 1. The zero-order valence-electron chi connectivity index (χ0n) is 8.14. The van der Waals surface area contributed by atoms with Gasteiger partial charge in [-0.1, -0.05) is 11.6 Å². The Morgan fingerprint density at radius 1 is 1.38 bits per heavy atom. The van der Waals surface area contributed by atoms with Crippen LogP contribution in [0.15, 0.2) is 24.3 Å². The predicted octanol–water partition coefficient (Wildman–Crippen LogP) is 2.22. The number of aliphatic carboxylic acids is 1. The molecule has 1 aromatic carbocycles. The number of carboxylic acids is 1. The van der Waals surface area contributed by atoms with Crippen LogP contribution in [-0.4, -0.2) is 21.2 Å². The van der Waals surface area contributed by atoms with Gasteiger partial charge in [0.15, 0.2) is 0 Å². The SMILES string of the molecule is O=C(O)Cc1cc(Cl)nc2ccc(O)cc12. The number of fused-ring (bicyclic) bond motifs is 1. The first kappa shape index (κ1) is 10.7. The fourth-order valence-corrected chi connectivity index (χ4v) is 1.78. The van der Waals surface area contributed by atoms with E-state index in [4.69, 9.17) is 16.7 Å². The van der Waals surface area contributed by atoms with E-state index in [1.807, 2.05) is 0 Å². The van der Waals surface area contributed by atoms with Crippen molar-refractivity contribution in [2.24, 2.45) is 0 Å². The number of hydrogen-bond acceptors (Lipinski definition) is 3. The normalized spacial score (nSPS) is 10.6. The summed E-state index contributed by atoms with van der Waals surface area (Å²) < 4.78 is 0. The third-order valence-corrected chi connectivity index (χ3v) is 2.38. The van der Waals surface area contributed by atoms with Crippen molar-refractivity contribution in [1.29, 1.82) is 0 Å². The molecule has 1 aromatic heterocycles. The van der Waals surface area contributed by atoms with E-state index < -0.39 is 5.97 Å². The third kappa shape index (κ3) is 2.06. The van der Waals surface area contributed by atoms with Gasteiger partial charge in [-0.15, -0.1) is 0 Å². The van der Waals surface area contributed by atoms with Gasteiger partial charge in [-0.2, -0.15) is 0 Å². The summed E-state index contributed by atoms with van der Waals surface area (Å²) in [5.41, 5.74) is 1.11. The molecule has 2 aromatic rings. The van der Waals surface area contributed by atoms with Gasteiger partial charge >= 0.3 is 5.97 Å². The summed E-state index contributed by atoms with van der Waals surface area (Å²) >= 11 is 5.78. The lowest BCUT2D eigenvalue weighted by Gasteiger charge is -2.05. The monoisotopic (exact) mass is 237 g/mol. The lowest BCUT2D eigenvalue weighted by Crippen LogP contribution is -2.01. The number of carboxylic acid groups (broad SMARTS) is 1. The van der Waals surface area contributed by atoms with Gasteiger partial charge in [-0.3, -0.25) is 4.79 Å². The molecule has 1 heterocycles. The largest absolute Gasteiger partial charge is 0.508 e. The van der Waals surface area contributed by atoms with Crippen molar-refractivity contribution in [2.45, 2.75) is 6.42 Å². The number of aromatic hydroxyl groups is 1. The minimum absolute atomic E-state index is 0.0725. The van der Waals surface area contributed by atoms with Gasteiger partial charge in [-0.05, 0) is 29.8 Å². The van der Waals surface area contributed by atoms with Crippen LogP contribution in [0.5, 0.6) is 5.75 Å². The molecule has 0 unspecified atom stereocenters. The average Bonchev–Trinajstić information content (AvgIpc) is 2.18. The van der Waals surface area contributed by atoms with E-state index >= 15 is 0 Å². The van der Waals surface area contributed by atoms with Crippen LogP contribution < -0.4 is 0 Å². The fraction of sp³-hybridized carbons (Fsp3) is 0.0909. The van der Waals surface area contributed by atoms with Crippen LogP contribution in [0.2, 0.25) is 5.15 Å². The van der Waals surface area contributed by atoms with Crippen molar-refractivity contribution in [3.8, 4) is 5.75 Å². The van der Waals surface area contributed by atoms with E-state index in [0.29, 0.717) is 16.5 Å². The van der Waals surface area contributed by atoms with Gasteiger partial charge in [0.05, 0.1) is 11.9 Å². The molecule has 2 rings (SSSR count). The van der Waals surface area contributed by atoms with Gasteiger partial charge in [0.2, 0.25) is 0 Å². The summed E-state index contributed by atoms with van der Waals surface area (Å²) in [5, 5.41) is 19.0. The van der Waals surface area contributed by atoms with Crippen LogP contribution in [0, 0.1) is 0 Å². The van der Waals surface area contributed by atoms with Crippen molar-refractivity contribution < 1.29 is 15.0 Å². The summed E-state index contributed by atoms with van der Waals surface area (Å²) in [4.78, 5) is 14.7. The van der Waals surface area contributed by atoms with E-state index in [9.17, 15) is 9.90 Å². The summed E-state index contributed by atoms with van der Waals surface area (Å²) in [6.07, 6.45) is -0.151. The molecule has 0 aliphatic heterocycles. The molecule has 0 atom stereocenters. The molecule has 0 radical (unpaired) electrons. The lowest BCUT2D eigenvalue weighted by atomic mass is 10.1. The van der Waals surface area contributed by atoms with E-state index in [-0.39, 0.29) is 17.3 Å². The molecule has 82 valence electrons. The van der Waals surface area contributed by atoms with Crippen LogP contribution in [-0.2, 0) is 11.2 Å². The highest BCUT2D eigenvalue weighted by Gasteiger charge is 2.09. The number of nitrogens with zero attached hydrogens (tertiary/aromatic N) is 1. The van der Waals surface area contributed by atoms with Gasteiger partial charge < -0.3 is 10.2 Å². The highest BCUT2D eigenvalue weighted by Crippen LogP contribution is 2.25. The zero-order chi connectivity index (χ0) is 11.7. The van der Waals surface area contributed by atoms with Crippen molar-refractivity contribution in [3.63, 3.8) is 0 Å². The van der Waals surface area contributed by atoms with E-state index in [2.05, 4.69) is 4.98 Å². The summed E-state index contributed by atoms with van der Waals surface area (Å²) in [6, 6.07) is 6.06. The Labute approximate surface area is 96.1 Å². The number of carbonyl (C=O) groups is 1. The average molecular weight is 238 g/mol. The molecule has 0 aliphatic rings. The number of phenols is 1. The predicted molar refractivity (Wildman–Crippen MR) is 59.8 cm³/mol. The van der Waals surface area contributed by atoms with Crippen molar-refractivity contribution in [2.75, 3.05) is 0 Å². The standard InChI is InChI=1S/C11H8ClNO3/c12-10-3-6(4-11(15)16)8-5-7(14)1-2-9(8)13-10/h1-3,5,14H,4H2,(H,15,16). The van der Waals surface area contributed by atoms with Gasteiger partial charge in [0.1, 0.15) is 10.9 Å². The molecule has 0 bridgehead atoms. The number of hydrogen-bond donors (Lipinski definition) is 2. The third-order valence-electron chi connectivity index (χ3n) is 2.19. The maximum atomic E-state index is 10.7. The van der Waals surface area contributed by atoms with Crippen LogP contribution in [0.4, 0.5) is 0 Å². The minimum atomic E-state index is -0.952. The Balaban J connectivity index is 2.69. The number of pyridine rings is 1. The van der Waals surface area contributed by atoms with E-state index in [0.717, 1.165) is 0 Å². The van der Waals surface area contributed by atoms with Gasteiger partial charge in [-0.25, -0.2) is 4.98 Å². The Morgan fingerprint density at radius 3 is 2.81 bits per heavy atom. The second kappa shape index (κ2) is 3.98. The second-order valence-corrected chi connectivity index (χ2v) is 3.76. The lowest BCUT2D eigenvalue weighted by molar-refractivity contribution is -0.136. The van der Waals surface area contributed by atoms with Crippen molar-refractivity contribution in [3.05, 3.63) is 35.0 Å². The molecule has 0 amide bonds. The number of benzene rings is 1. The first-order valence-electron chi connectivity index (χ1n) is 4.56. The molecule has 16 heavy (non-hydrogen) atoms. The molecule has 0 fully saturated rings. The van der Waals surface area contributed by atoms with Crippen LogP contribution in [0.3, 0.4) is 0 Å². The van der Waals surface area contributed by atoms with E-state index in [1.165, 1.54) is 18.2 Å². The molecular weight excluding hydrogens is 230 g/mol. The number of rotatable bonds is 2. The Kier molecular flexibility index (Phi) is 2.66. The van der Waals surface area contributed by atoms with Crippen molar-refractivity contribution >= 4 is 28.5 Å². The highest BCUT2D eigenvalue weighted by molar-refractivity contribution is 6.30. The van der Waals surface area contributed by atoms with Crippen LogP contribution >= 0.6 is 11.6 Å². The van der Waals surface area contributed by atoms with Gasteiger partial charge in [0.25, 0.3) is 0 Å². The molecule has 4 nitrogen and oxygen atoms in total. The smallest absolute Gasteiger partial charge is 0.307 e. The Bertz CT molecular complexity index is 568. The second-order valence-electron chi connectivity index (χ2n) is 3.38. The topological polar surface area (TPSA) is 70.4 Å². The maximum absolute atomic E-state index is 10.7. The molecule has 0 spiro atoms. The zero-order valence-corrected chi connectivity index (χ0v) is 8.90. The molecule has 0 aliphatic carbocycles. The quantitative estimate of drug-likeness (QED) is 0.786. The maximum Gasteiger partial charge on any atom is 0.307 e. The fourth-order valence-electron chi connectivity index (χ4n) is 1.56. The van der Waals surface area contributed by atoms with Crippen molar-refractivity contribution in [1.82, 2.24) is 4.98 Å². The van der Waals surface area contributed by atoms with Crippen LogP contribution in [0.25, 0.3) is 10.9 Å². The molecule has 0 saturated carbocycles. The Morgan fingerprint density at radius 2 is 2.12 bits per heavy atom. The molecule has 2 N–H and O–H groups in total. The summed E-state index contributed by atoms with van der Waals surface area (Å²) in [7, 11) is 0. The number of halogens is 1. The minimum Gasteiger partial charge on any atom is -0.508 e. The molecule has 5 heteroatoms. The summed E-state index contributed by atoms with van der Waals surface area (Å²) in [6.45, 7) is 0.